The van der Waals surface area contributed by atoms with Crippen LogP contribution >= 0.6 is 15.9 Å². The van der Waals surface area contributed by atoms with Crippen LogP contribution in [-0.2, 0) is 0 Å². The topological polar surface area (TPSA) is 48.7 Å². The molecule has 1 amide bonds. The molecule has 5 nitrogen and oxygen atoms in total. The van der Waals surface area contributed by atoms with Gasteiger partial charge in [0.15, 0.2) is 5.76 Å². The van der Waals surface area contributed by atoms with Crippen molar-refractivity contribution in [2.45, 2.75) is 6.92 Å². The van der Waals surface area contributed by atoms with Crippen LogP contribution in [0.25, 0.3) is 11.0 Å². The summed E-state index contributed by atoms with van der Waals surface area (Å²) in [6, 6.07) is 16.3. The van der Waals surface area contributed by atoms with Crippen LogP contribution in [0.4, 0.5) is 5.69 Å². The molecule has 2 aromatic carbocycles. The van der Waals surface area contributed by atoms with Gasteiger partial charge in [-0.1, -0.05) is 34.1 Å². The summed E-state index contributed by atoms with van der Waals surface area (Å²) in [5, 5.41) is 3.97. The van der Waals surface area contributed by atoms with Crippen LogP contribution < -0.4 is 10.2 Å². The van der Waals surface area contributed by atoms with E-state index in [2.05, 4.69) is 55.3 Å². The molecule has 1 aliphatic heterocycles. The van der Waals surface area contributed by atoms with E-state index in [0.29, 0.717) is 12.3 Å². The molecule has 3 aromatic rings. The highest BCUT2D eigenvalue weighted by Crippen LogP contribution is 2.28. The fourth-order valence-electron chi connectivity index (χ4n) is 3.69. The van der Waals surface area contributed by atoms with Gasteiger partial charge in [0.05, 0.1) is 0 Å². The van der Waals surface area contributed by atoms with Crippen molar-refractivity contribution < 1.29 is 9.21 Å². The van der Waals surface area contributed by atoms with E-state index < -0.39 is 0 Å². The van der Waals surface area contributed by atoms with Gasteiger partial charge in [0, 0.05) is 60.4 Å². The molecular weight excluding hydrogens is 418 g/mol. The molecular formula is C22H24BrN3O2. The molecule has 0 radical (unpaired) electrons. The molecule has 0 atom stereocenters. The van der Waals surface area contributed by atoms with Crippen LogP contribution in [0, 0.1) is 6.92 Å². The second kappa shape index (κ2) is 8.37. The number of fused-ring (bicyclic) bond motifs is 1. The van der Waals surface area contributed by atoms with Crippen molar-refractivity contribution in [1.82, 2.24) is 10.2 Å². The first kappa shape index (κ1) is 19.0. The van der Waals surface area contributed by atoms with Crippen molar-refractivity contribution in [2.75, 3.05) is 44.2 Å². The second-order valence-electron chi connectivity index (χ2n) is 7.12. The molecule has 0 spiro atoms. The maximum Gasteiger partial charge on any atom is 0.287 e. The van der Waals surface area contributed by atoms with Gasteiger partial charge in [0.25, 0.3) is 5.91 Å². The lowest BCUT2D eigenvalue weighted by molar-refractivity contribution is 0.0921. The minimum Gasteiger partial charge on any atom is -0.451 e. The lowest BCUT2D eigenvalue weighted by Gasteiger charge is -2.36. The van der Waals surface area contributed by atoms with E-state index in [0.717, 1.165) is 53.7 Å². The van der Waals surface area contributed by atoms with Gasteiger partial charge in [-0.15, -0.1) is 0 Å². The minimum atomic E-state index is -0.146. The summed E-state index contributed by atoms with van der Waals surface area (Å²) in [7, 11) is 0. The maximum absolute atomic E-state index is 12.6. The van der Waals surface area contributed by atoms with Crippen LogP contribution in [0.1, 0.15) is 16.1 Å². The number of piperazine rings is 1. The fraction of sp³-hybridized carbons (Fsp3) is 0.318. The number of carbonyl (C=O) groups is 1. The third kappa shape index (κ3) is 4.08. The Morgan fingerprint density at radius 1 is 1.11 bits per heavy atom. The van der Waals surface area contributed by atoms with Gasteiger partial charge in [-0.2, -0.15) is 0 Å². The second-order valence-corrected chi connectivity index (χ2v) is 8.03. The van der Waals surface area contributed by atoms with E-state index in [-0.39, 0.29) is 5.91 Å². The van der Waals surface area contributed by atoms with Crippen LogP contribution in [0.3, 0.4) is 0 Å². The number of nitrogens with zero attached hydrogens (tertiary/aromatic N) is 2. The molecule has 28 heavy (non-hydrogen) atoms. The number of amides is 1. The minimum absolute atomic E-state index is 0.146. The van der Waals surface area contributed by atoms with Gasteiger partial charge in [0.1, 0.15) is 5.58 Å². The maximum atomic E-state index is 12.6. The number of halogens is 1. The molecule has 0 bridgehead atoms. The monoisotopic (exact) mass is 441 g/mol. The zero-order valence-corrected chi connectivity index (χ0v) is 17.5. The number of aryl methyl sites for hydroxylation is 1. The Kier molecular flexibility index (Phi) is 5.69. The van der Waals surface area contributed by atoms with Gasteiger partial charge in [-0.25, -0.2) is 0 Å². The first-order valence-corrected chi connectivity index (χ1v) is 10.4. The summed E-state index contributed by atoms with van der Waals surface area (Å²) in [4.78, 5) is 17.4. The number of hydrogen-bond acceptors (Lipinski definition) is 4. The van der Waals surface area contributed by atoms with Gasteiger partial charge in [0.2, 0.25) is 0 Å². The van der Waals surface area contributed by atoms with E-state index in [4.69, 9.17) is 4.42 Å². The summed E-state index contributed by atoms with van der Waals surface area (Å²) >= 11 is 3.47. The Balaban J connectivity index is 1.28. The predicted octanol–water partition coefficient (Wildman–Crippen LogP) is 4.06. The van der Waals surface area contributed by atoms with E-state index in [1.165, 1.54) is 5.69 Å². The Labute approximate surface area is 173 Å². The summed E-state index contributed by atoms with van der Waals surface area (Å²) in [5.41, 5.74) is 2.90. The molecule has 0 saturated carbocycles. The van der Waals surface area contributed by atoms with Crippen molar-refractivity contribution in [3.63, 3.8) is 0 Å². The van der Waals surface area contributed by atoms with E-state index in [9.17, 15) is 4.79 Å². The van der Waals surface area contributed by atoms with Gasteiger partial charge >= 0.3 is 0 Å². The summed E-state index contributed by atoms with van der Waals surface area (Å²) in [5.74, 6) is 0.259. The standard InChI is InChI=1S/C22H24BrN3O2/c1-16-19-15-17(23)7-8-20(19)28-21(16)22(27)24-9-10-25-11-13-26(14-12-25)18-5-3-2-4-6-18/h2-8,15H,9-14H2,1H3,(H,24,27). The van der Waals surface area contributed by atoms with Crippen LogP contribution in [0.5, 0.6) is 0 Å². The molecule has 6 heteroatoms. The predicted molar refractivity (Wildman–Crippen MR) is 116 cm³/mol. The van der Waals surface area contributed by atoms with Gasteiger partial charge in [-0.05, 0) is 37.3 Å². The van der Waals surface area contributed by atoms with Crippen LogP contribution in [0.2, 0.25) is 0 Å². The molecule has 1 aliphatic rings. The summed E-state index contributed by atoms with van der Waals surface area (Å²) < 4.78 is 6.75. The summed E-state index contributed by atoms with van der Waals surface area (Å²) in [6.45, 7) is 7.41. The smallest absolute Gasteiger partial charge is 0.287 e. The molecule has 1 fully saturated rings. The zero-order valence-electron chi connectivity index (χ0n) is 16.0. The number of rotatable bonds is 5. The first-order valence-electron chi connectivity index (χ1n) is 9.61. The van der Waals surface area contributed by atoms with Crippen molar-refractivity contribution in [3.05, 3.63) is 64.3 Å². The van der Waals surface area contributed by atoms with Crippen LogP contribution in [0.15, 0.2) is 57.4 Å². The molecule has 4 rings (SSSR count). The normalized spacial score (nSPS) is 15.1. The van der Waals surface area contributed by atoms with Gasteiger partial charge in [-0.3, -0.25) is 9.69 Å². The Bertz CT molecular complexity index is 963. The Morgan fingerprint density at radius 2 is 1.86 bits per heavy atom. The van der Waals surface area contributed by atoms with E-state index in [1.54, 1.807) is 0 Å². The number of anilines is 1. The summed E-state index contributed by atoms with van der Waals surface area (Å²) in [6.07, 6.45) is 0. The van der Waals surface area contributed by atoms with Crippen molar-refractivity contribution in [1.29, 1.82) is 0 Å². The van der Waals surface area contributed by atoms with Crippen molar-refractivity contribution in [3.8, 4) is 0 Å². The highest BCUT2D eigenvalue weighted by molar-refractivity contribution is 9.10. The quantitative estimate of drug-likeness (QED) is 0.648. The van der Waals surface area contributed by atoms with Gasteiger partial charge < -0.3 is 14.6 Å². The molecule has 0 unspecified atom stereocenters. The SMILES string of the molecule is Cc1c(C(=O)NCCN2CCN(c3ccccc3)CC2)oc2ccc(Br)cc12. The average Bonchev–Trinajstić information content (AvgIpc) is 3.05. The molecule has 1 saturated heterocycles. The highest BCUT2D eigenvalue weighted by atomic mass is 79.9. The molecule has 0 aliphatic carbocycles. The number of para-hydroxylation sites is 1. The Hall–Kier alpha value is -2.31. The lowest BCUT2D eigenvalue weighted by Crippen LogP contribution is -2.48. The third-order valence-electron chi connectivity index (χ3n) is 5.31. The number of nitrogens with one attached hydrogen (secondary N) is 1. The number of hydrogen-bond donors (Lipinski definition) is 1. The lowest BCUT2D eigenvalue weighted by atomic mass is 10.1. The van der Waals surface area contributed by atoms with Crippen molar-refractivity contribution >= 4 is 38.5 Å². The number of furan rings is 1. The molecule has 2 heterocycles. The largest absolute Gasteiger partial charge is 0.451 e. The highest BCUT2D eigenvalue weighted by Gasteiger charge is 2.19. The average molecular weight is 442 g/mol. The Morgan fingerprint density at radius 3 is 2.61 bits per heavy atom. The third-order valence-corrected chi connectivity index (χ3v) is 5.80. The zero-order chi connectivity index (χ0) is 19.5. The fourth-order valence-corrected chi connectivity index (χ4v) is 4.05. The van der Waals surface area contributed by atoms with Crippen LogP contribution in [-0.4, -0.2) is 50.1 Å². The van der Waals surface area contributed by atoms with E-state index in [1.807, 2.05) is 31.2 Å². The first-order chi connectivity index (χ1) is 13.6. The molecule has 1 aromatic heterocycles. The van der Waals surface area contributed by atoms with E-state index >= 15 is 0 Å². The molecule has 146 valence electrons. The molecule has 1 N–H and O–H groups in total. The number of benzene rings is 2. The van der Waals surface area contributed by atoms with Crippen molar-refractivity contribution in [2.24, 2.45) is 0 Å². The number of carbonyl (C=O) groups excluding carboxylic acids is 1.